The zero-order chi connectivity index (χ0) is 11.1. The summed E-state index contributed by atoms with van der Waals surface area (Å²) in [5.74, 6) is 0.644. The molecule has 1 N–H and O–H groups in total. The Labute approximate surface area is 99.1 Å². The van der Waals surface area contributed by atoms with Gasteiger partial charge in [0.1, 0.15) is 11.9 Å². The number of furan rings is 1. The lowest BCUT2D eigenvalue weighted by molar-refractivity contribution is 0.135. The molecular formula is C12H17BrO2. The highest BCUT2D eigenvalue weighted by Crippen LogP contribution is 2.24. The van der Waals surface area contributed by atoms with Crippen LogP contribution in [0.4, 0.5) is 0 Å². The number of hydrogen-bond donors (Lipinski definition) is 1. The Morgan fingerprint density at radius 1 is 1.40 bits per heavy atom. The van der Waals surface area contributed by atoms with Gasteiger partial charge in [-0.05, 0) is 47.3 Å². The first-order valence-corrected chi connectivity index (χ1v) is 6.07. The number of hydrogen-bond acceptors (Lipinski definition) is 2. The fourth-order valence-corrected chi connectivity index (χ4v) is 1.77. The van der Waals surface area contributed by atoms with E-state index in [0.717, 1.165) is 32.1 Å². The Balaban J connectivity index is 2.18. The van der Waals surface area contributed by atoms with Gasteiger partial charge in [0.2, 0.25) is 0 Å². The van der Waals surface area contributed by atoms with Gasteiger partial charge in [-0.3, -0.25) is 0 Å². The molecule has 0 aromatic carbocycles. The van der Waals surface area contributed by atoms with Crippen LogP contribution in [0.5, 0.6) is 0 Å². The summed E-state index contributed by atoms with van der Waals surface area (Å²) in [6.45, 7) is 3.67. The van der Waals surface area contributed by atoms with Gasteiger partial charge in [-0.15, -0.1) is 6.58 Å². The van der Waals surface area contributed by atoms with E-state index in [9.17, 15) is 5.11 Å². The lowest BCUT2D eigenvalue weighted by Crippen LogP contribution is -1.95. The molecule has 1 unspecified atom stereocenters. The minimum absolute atomic E-state index is 0.472. The highest BCUT2D eigenvalue weighted by atomic mass is 79.9. The van der Waals surface area contributed by atoms with Crippen molar-refractivity contribution in [1.82, 2.24) is 0 Å². The number of aliphatic hydroxyl groups is 1. The van der Waals surface area contributed by atoms with Crippen LogP contribution >= 0.6 is 15.9 Å². The first kappa shape index (κ1) is 12.5. The van der Waals surface area contributed by atoms with E-state index in [1.165, 1.54) is 0 Å². The van der Waals surface area contributed by atoms with E-state index < -0.39 is 6.10 Å². The topological polar surface area (TPSA) is 33.4 Å². The molecule has 3 heteroatoms. The van der Waals surface area contributed by atoms with Crippen molar-refractivity contribution in [2.75, 3.05) is 0 Å². The first-order chi connectivity index (χ1) is 7.24. The molecule has 1 atom stereocenters. The van der Waals surface area contributed by atoms with Crippen molar-refractivity contribution < 1.29 is 9.52 Å². The molecular weight excluding hydrogens is 256 g/mol. The summed E-state index contributed by atoms with van der Waals surface area (Å²) in [6, 6.07) is 3.61. The van der Waals surface area contributed by atoms with E-state index in [1.807, 2.05) is 6.08 Å². The summed E-state index contributed by atoms with van der Waals surface area (Å²) < 4.78 is 5.94. The van der Waals surface area contributed by atoms with Crippen molar-refractivity contribution in [1.29, 1.82) is 0 Å². The van der Waals surface area contributed by atoms with Gasteiger partial charge in [0.15, 0.2) is 4.67 Å². The second-order valence-corrected chi connectivity index (χ2v) is 4.37. The SMILES string of the molecule is C=CCCCCCC(O)c1ccc(Br)o1. The quantitative estimate of drug-likeness (QED) is 0.596. The van der Waals surface area contributed by atoms with Crippen LogP contribution < -0.4 is 0 Å². The summed E-state index contributed by atoms with van der Waals surface area (Å²) in [6.07, 6.45) is 6.58. The Bertz CT molecular complexity index is 294. The van der Waals surface area contributed by atoms with Crippen molar-refractivity contribution in [3.05, 3.63) is 35.2 Å². The van der Waals surface area contributed by atoms with Crippen LogP contribution in [0.15, 0.2) is 33.9 Å². The van der Waals surface area contributed by atoms with Crippen LogP contribution in [-0.2, 0) is 0 Å². The van der Waals surface area contributed by atoms with Gasteiger partial charge in [-0.25, -0.2) is 0 Å². The molecule has 2 nitrogen and oxygen atoms in total. The summed E-state index contributed by atoms with van der Waals surface area (Å²) in [7, 11) is 0. The molecule has 0 bridgehead atoms. The molecule has 0 fully saturated rings. The van der Waals surface area contributed by atoms with Gasteiger partial charge < -0.3 is 9.52 Å². The zero-order valence-electron chi connectivity index (χ0n) is 8.79. The minimum Gasteiger partial charge on any atom is -0.452 e. The van der Waals surface area contributed by atoms with Crippen molar-refractivity contribution in [2.24, 2.45) is 0 Å². The lowest BCUT2D eigenvalue weighted by Gasteiger charge is -2.06. The third-order valence-electron chi connectivity index (χ3n) is 2.31. The molecule has 1 rings (SSSR count). The number of aliphatic hydroxyl groups excluding tert-OH is 1. The van der Waals surface area contributed by atoms with Crippen LogP contribution in [0.1, 0.15) is 44.0 Å². The second kappa shape index (κ2) is 6.85. The molecule has 0 radical (unpaired) electrons. The number of rotatable bonds is 7. The molecule has 0 aliphatic heterocycles. The van der Waals surface area contributed by atoms with Gasteiger partial charge in [-0.1, -0.05) is 18.9 Å². The summed E-state index contributed by atoms with van der Waals surface area (Å²) in [4.78, 5) is 0. The Morgan fingerprint density at radius 2 is 2.20 bits per heavy atom. The molecule has 0 spiro atoms. The maximum atomic E-state index is 9.76. The maximum absolute atomic E-state index is 9.76. The average molecular weight is 273 g/mol. The molecule has 0 amide bonds. The average Bonchev–Trinajstić information content (AvgIpc) is 2.64. The molecule has 0 saturated heterocycles. The highest BCUT2D eigenvalue weighted by Gasteiger charge is 2.10. The van der Waals surface area contributed by atoms with E-state index in [-0.39, 0.29) is 0 Å². The van der Waals surface area contributed by atoms with Crippen LogP contribution in [-0.4, -0.2) is 5.11 Å². The number of halogens is 1. The van der Waals surface area contributed by atoms with E-state index in [2.05, 4.69) is 22.5 Å². The fraction of sp³-hybridized carbons (Fsp3) is 0.500. The lowest BCUT2D eigenvalue weighted by atomic mass is 10.1. The maximum Gasteiger partial charge on any atom is 0.169 e. The van der Waals surface area contributed by atoms with Crippen LogP contribution in [0.3, 0.4) is 0 Å². The number of allylic oxidation sites excluding steroid dienone is 1. The van der Waals surface area contributed by atoms with Crippen molar-refractivity contribution in [2.45, 2.75) is 38.2 Å². The largest absolute Gasteiger partial charge is 0.452 e. The molecule has 15 heavy (non-hydrogen) atoms. The Morgan fingerprint density at radius 3 is 2.80 bits per heavy atom. The normalized spacial score (nSPS) is 12.7. The van der Waals surface area contributed by atoms with Crippen LogP contribution in [0.25, 0.3) is 0 Å². The van der Waals surface area contributed by atoms with E-state index in [0.29, 0.717) is 10.4 Å². The molecule has 1 aromatic rings. The van der Waals surface area contributed by atoms with Crippen molar-refractivity contribution in [3.63, 3.8) is 0 Å². The van der Waals surface area contributed by atoms with Crippen molar-refractivity contribution >= 4 is 15.9 Å². The van der Waals surface area contributed by atoms with Crippen LogP contribution in [0, 0.1) is 0 Å². The van der Waals surface area contributed by atoms with Gasteiger partial charge >= 0.3 is 0 Å². The second-order valence-electron chi connectivity index (χ2n) is 3.58. The zero-order valence-corrected chi connectivity index (χ0v) is 10.4. The molecule has 1 aromatic heterocycles. The monoisotopic (exact) mass is 272 g/mol. The van der Waals surface area contributed by atoms with Gasteiger partial charge in [0.05, 0.1) is 0 Å². The molecule has 0 saturated carbocycles. The Kier molecular flexibility index (Phi) is 5.73. The Hall–Kier alpha value is -0.540. The third-order valence-corrected chi connectivity index (χ3v) is 2.73. The molecule has 1 heterocycles. The predicted molar refractivity (Wildman–Crippen MR) is 64.6 cm³/mol. The summed E-state index contributed by atoms with van der Waals surface area (Å²) in [5.41, 5.74) is 0. The minimum atomic E-state index is -0.472. The predicted octanol–water partition coefficient (Wildman–Crippen LogP) is 4.21. The smallest absolute Gasteiger partial charge is 0.169 e. The number of unbranched alkanes of at least 4 members (excludes halogenated alkanes) is 3. The molecule has 0 aliphatic carbocycles. The van der Waals surface area contributed by atoms with E-state index in [4.69, 9.17) is 4.42 Å². The van der Waals surface area contributed by atoms with Crippen LogP contribution in [0.2, 0.25) is 0 Å². The fourth-order valence-electron chi connectivity index (χ4n) is 1.45. The summed E-state index contributed by atoms with van der Waals surface area (Å²) >= 11 is 3.21. The van der Waals surface area contributed by atoms with Gasteiger partial charge in [-0.2, -0.15) is 0 Å². The first-order valence-electron chi connectivity index (χ1n) is 5.28. The van der Waals surface area contributed by atoms with Gasteiger partial charge in [0.25, 0.3) is 0 Å². The standard InChI is InChI=1S/C12H17BrO2/c1-2-3-4-5-6-7-10(14)11-8-9-12(13)15-11/h2,8-10,14H,1,3-7H2. The van der Waals surface area contributed by atoms with Gasteiger partial charge in [0, 0.05) is 0 Å². The third kappa shape index (κ3) is 4.67. The summed E-state index contributed by atoms with van der Waals surface area (Å²) in [5, 5.41) is 9.76. The highest BCUT2D eigenvalue weighted by molar-refractivity contribution is 9.10. The van der Waals surface area contributed by atoms with E-state index >= 15 is 0 Å². The molecule has 0 aliphatic rings. The van der Waals surface area contributed by atoms with Crippen molar-refractivity contribution in [3.8, 4) is 0 Å². The van der Waals surface area contributed by atoms with E-state index in [1.54, 1.807) is 12.1 Å². The molecule has 84 valence electrons.